The Labute approximate surface area is 133 Å². The molecule has 1 heterocycles. The molecule has 1 aromatic carbocycles. The summed E-state index contributed by atoms with van der Waals surface area (Å²) in [6, 6.07) is 5.83. The van der Waals surface area contributed by atoms with Crippen LogP contribution in [0.5, 0.6) is 0 Å². The minimum atomic E-state index is -0.304. The highest BCUT2D eigenvalue weighted by molar-refractivity contribution is 9.10. The number of piperidine rings is 1. The quantitative estimate of drug-likeness (QED) is 0.859. The number of likely N-dealkylation sites (tertiary alicyclic amines) is 1. The van der Waals surface area contributed by atoms with E-state index in [2.05, 4.69) is 21.2 Å². The Morgan fingerprint density at radius 3 is 2.57 bits per heavy atom. The normalized spacial score (nSPS) is 16.7. The molecule has 1 fully saturated rings. The van der Waals surface area contributed by atoms with Crippen molar-refractivity contribution in [2.24, 2.45) is 5.73 Å². The van der Waals surface area contributed by atoms with Gasteiger partial charge in [-0.1, -0.05) is 15.9 Å². The number of aryl methyl sites for hydroxylation is 1. The zero-order valence-electron chi connectivity index (χ0n) is 12.1. The molecule has 0 spiro atoms. The van der Waals surface area contributed by atoms with Crippen molar-refractivity contribution in [2.75, 3.05) is 19.6 Å². The SMILES string of the molecule is Cc1cc(Br)cc(C(=O)NC2CCN(CC(N)=O)CC2)c1. The van der Waals surface area contributed by atoms with Crippen LogP contribution in [0.3, 0.4) is 0 Å². The van der Waals surface area contributed by atoms with Gasteiger partial charge in [0.2, 0.25) is 5.91 Å². The third-order valence-electron chi connectivity index (χ3n) is 3.61. The van der Waals surface area contributed by atoms with Gasteiger partial charge in [-0.15, -0.1) is 0 Å². The van der Waals surface area contributed by atoms with Crippen molar-refractivity contribution in [3.8, 4) is 0 Å². The molecule has 0 atom stereocenters. The zero-order valence-corrected chi connectivity index (χ0v) is 13.6. The second-order valence-corrected chi connectivity index (χ2v) is 6.42. The van der Waals surface area contributed by atoms with Crippen molar-refractivity contribution in [1.29, 1.82) is 0 Å². The van der Waals surface area contributed by atoms with Crippen LogP contribution in [0.25, 0.3) is 0 Å². The van der Waals surface area contributed by atoms with E-state index in [9.17, 15) is 9.59 Å². The van der Waals surface area contributed by atoms with E-state index < -0.39 is 0 Å². The third-order valence-corrected chi connectivity index (χ3v) is 4.06. The largest absolute Gasteiger partial charge is 0.369 e. The van der Waals surface area contributed by atoms with Crippen molar-refractivity contribution in [3.63, 3.8) is 0 Å². The predicted molar refractivity (Wildman–Crippen MR) is 85.0 cm³/mol. The van der Waals surface area contributed by atoms with Crippen LogP contribution in [0, 0.1) is 6.92 Å². The summed E-state index contributed by atoms with van der Waals surface area (Å²) < 4.78 is 0.906. The van der Waals surface area contributed by atoms with Crippen LogP contribution in [0.1, 0.15) is 28.8 Å². The second kappa shape index (κ2) is 7.04. The maximum absolute atomic E-state index is 12.3. The number of carbonyl (C=O) groups is 2. The molecule has 0 saturated carbocycles. The van der Waals surface area contributed by atoms with Crippen molar-refractivity contribution in [3.05, 3.63) is 33.8 Å². The summed E-state index contributed by atoms with van der Waals surface area (Å²) in [5.74, 6) is -0.352. The van der Waals surface area contributed by atoms with Gasteiger partial charge in [0.25, 0.3) is 5.91 Å². The van der Waals surface area contributed by atoms with E-state index >= 15 is 0 Å². The van der Waals surface area contributed by atoms with Gasteiger partial charge in [0.15, 0.2) is 0 Å². The van der Waals surface area contributed by atoms with Crippen molar-refractivity contribution >= 4 is 27.7 Å². The zero-order chi connectivity index (χ0) is 15.4. The van der Waals surface area contributed by atoms with Crippen LogP contribution in [-0.4, -0.2) is 42.4 Å². The van der Waals surface area contributed by atoms with E-state index in [0.717, 1.165) is 36.0 Å². The number of benzene rings is 1. The maximum atomic E-state index is 12.3. The summed E-state index contributed by atoms with van der Waals surface area (Å²) in [4.78, 5) is 25.2. The number of hydrogen-bond donors (Lipinski definition) is 2. The fraction of sp³-hybridized carbons (Fsp3) is 0.467. The first kappa shape index (κ1) is 16.0. The highest BCUT2D eigenvalue weighted by atomic mass is 79.9. The van der Waals surface area contributed by atoms with Crippen LogP contribution in [0.15, 0.2) is 22.7 Å². The minimum Gasteiger partial charge on any atom is -0.369 e. The number of primary amides is 1. The average Bonchev–Trinajstić information content (AvgIpc) is 2.39. The molecule has 1 aliphatic heterocycles. The van der Waals surface area contributed by atoms with Gasteiger partial charge in [-0.2, -0.15) is 0 Å². The lowest BCUT2D eigenvalue weighted by Crippen LogP contribution is -2.46. The van der Waals surface area contributed by atoms with Crippen LogP contribution < -0.4 is 11.1 Å². The highest BCUT2D eigenvalue weighted by Crippen LogP contribution is 2.16. The molecule has 0 radical (unpaired) electrons. The van der Waals surface area contributed by atoms with Gasteiger partial charge < -0.3 is 11.1 Å². The van der Waals surface area contributed by atoms with Gasteiger partial charge in [0.1, 0.15) is 0 Å². The predicted octanol–water partition coefficient (Wildman–Crippen LogP) is 1.44. The maximum Gasteiger partial charge on any atom is 0.251 e. The monoisotopic (exact) mass is 353 g/mol. The van der Waals surface area contributed by atoms with E-state index in [-0.39, 0.29) is 17.9 Å². The van der Waals surface area contributed by atoms with E-state index in [0.29, 0.717) is 12.1 Å². The van der Waals surface area contributed by atoms with Gasteiger partial charge in [-0.05, 0) is 43.5 Å². The number of halogens is 1. The molecule has 1 aliphatic rings. The molecule has 0 aromatic heterocycles. The molecule has 21 heavy (non-hydrogen) atoms. The molecule has 2 rings (SSSR count). The van der Waals surface area contributed by atoms with Crippen molar-refractivity contribution < 1.29 is 9.59 Å². The molecule has 1 aromatic rings. The summed E-state index contributed by atoms with van der Waals surface area (Å²) in [5, 5.41) is 3.06. The lowest BCUT2D eigenvalue weighted by atomic mass is 10.0. The molecule has 0 aliphatic carbocycles. The number of rotatable bonds is 4. The summed E-state index contributed by atoms with van der Waals surface area (Å²) >= 11 is 3.41. The van der Waals surface area contributed by atoms with Crippen LogP contribution in [0.4, 0.5) is 0 Å². The van der Waals surface area contributed by atoms with Crippen LogP contribution >= 0.6 is 15.9 Å². The molecule has 1 saturated heterocycles. The Bertz CT molecular complexity index is 519. The average molecular weight is 354 g/mol. The number of amides is 2. The Balaban J connectivity index is 1.88. The molecule has 0 bridgehead atoms. The fourth-order valence-electron chi connectivity index (χ4n) is 2.59. The van der Waals surface area contributed by atoms with E-state index in [1.54, 1.807) is 0 Å². The highest BCUT2D eigenvalue weighted by Gasteiger charge is 2.22. The molecular weight excluding hydrogens is 334 g/mol. The van der Waals surface area contributed by atoms with Gasteiger partial charge >= 0.3 is 0 Å². The van der Waals surface area contributed by atoms with E-state index in [1.807, 2.05) is 30.0 Å². The molecule has 3 N–H and O–H groups in total. The number of hydrogen-bond acceptors (Lipinski definition) is 3. The summed E-state index contributed by atoms with van der Waals surface area (Å²) in [6.45, 7) is 3.83. The minimum absolute atomic E-state index is 0.0484. The first-order chi connectivity index (χ1) is 9.94. The standard InChI is InChI=1S/C15H20BrN3O2/c1-10-6-11(8-12(16)7-10)15(21)18-13-2-4-19(5-3-13)9-14(17)20/h6-8,13H,2-5,9H2,1H3,(H2,17,20)(H,18,21). The first-order valence-electron chi connectivity index (χ1n) is 7.03. The van der Waals surface area contributed by atoms with Crippen molar-refractivity contribution in [1.82, 2.24) is 10.2 Å². The third kappa shape index (κ3) is 4.82. The Morgan fingerprint density at radius 2 is 2.00 bits per heavy atom. The van der Waals surface area contributed by atoms with Crippen molar-refractivity contribution in [2.45, 2.75) is 25.8 Å². The Hall–Kier alpha value is -1.40. The number of nitrogens with zero attached hydrogens (tertiary/aromatic N) is 1. The molecule has 2 amide bonds. The summed E-state index contributed by atoms with van der Waals surface area (Å²) in [6.07, 6.45) is 1.68. The lowest BCUT2D eigenvalue weighted by Gasteiger charge is -2.31. The number of carbonyl (C=O) groups excluding carboxylic acids is 2. The fourth-order valence-corrected chi connectivity index (χ4v) is 3.20. The van der Waals surface area contributed by atoms with Crippen LogP contribution in [-0.2, 0) is 4.79 Å². The molecule has 0 unspecified atom stereocenters. The molecule has 6 heteroatoms. The second-order valence-electron chi connectivity index (χ2n) is 5.51. The van der Waals surface area contributed by atoms with E-state index in [4.69, 9.17) is 5.73 Å². The Morgan fingerprint density at radius 1 is 1.33 bits per heavy atom. The molecular formula is C15H20BrN3O2. The smallest absolute Gasteiger partial charge is 0.251 e. The molecule has 5 nitrogen and oxygen atoms in total. The number of nitrogens with one attached hydrogen (secondary N) is 1. The summed E-state index contributed by atoms with van der Waals surface area (Å²) in [5.41, 5.74) is 6.90. The summed E-state index contributed by atoms with van der Waals surface area (Å²) in [7, 11) is 0. The topological polar surface area (TPSA) is 75.4 Å². The first-order valence-corrected chi connectivity index (χ1v) is 7.82. The molecule has 114 valence electrons. The number of nitrogens with two attached hydrogens (primary N) is 1. The lowest BCUT2D eigenvalue weighted by molar-refractivity contribution is -0.119. The van der Waals surface area contributed by atoms with Gasteiger partial charge in [-0.25, -0.2) is 0 Å². The van der Waals surface area contributed by atoms with Gasteiger partial charge in [0.05, 0.1) is 6.54 Å². The Kier molecular flexibility index (Phi) is 5.36. The van der Waals surface area contributed by atoms with E-state index in [1.165, 1.54) is 0 Å². The van der Waals surface area contributed by atoms with Gasteiger partial charge in [0, 0.05) is 29.2 Å². The van der Waals surface area contributed by atoms with Gasteiger partial charge in [-0.3, -0.25) is 14.5 Å². The van der Waals surface area contributed by atoms with Crippen LogP contribution in [0.2, 0.25) is 0 Å².